The topological polar surface area (TPSA) is 42.2 Å². The Morgan fingerprint density at radius 3 is 2.62 bits per heavy atom. The fraction of sp³-hybridized carbons (Fsp3) is 0.188. The molecule has 0 aliphatic carbocycles. The number of halogens is 2. The normalized spacial score (nSPS) is 12.6. The maximum absolute atomic E-state index is 11.9. The third kappa shape index (κ3) is 4.38. The molecule has 1 heterocycles. The van der Waals surface area contributed by atoms with Crippen LogP contribution in [0.2, 0.25) is 10.0 Å². The van der Waals surface area contributed by atoms with Crippen LogP contribution < -0.4 is 5.32 Å². The molecule has 1 unspecified atom stereocenters. The van der Waals surface area contributed by atoms with Crippen LogP contribution in [-0.2, 0) is 4.79 Å². The number of rotatable bonds is 4. The number of carbonyl (C=O) groups is 1. The van der Waals surface area contributed by atoms with Crippen molar-refractivity contribution in [1.82, 2.24) is 5.32 Å². The van der Waals surface area contributed by atoms with Gasteiger partial charge in [-0.05, 0) is 49.8 Å². The Balaban J connectivity index is 1.97. The average Bonchev–Trinajstić information content (AvgIpc) is 2.87. The summed E-state index contributed by atoms with van der Waals surface area (Å²) in [6.07, 6.45) is 3.13. The maximum atomic E-state index is 11.9. The zero-order chi connectivity index (χ0) is 15.4. The number of amides is 1. The Hall–Kier alpha value is -1.71. The quantitative estimate of drug-likeness (QED) is 0.822. The first-order valence-electron chi connectivity index (χ1n) is 6.45. The van der Waals surface area contributed by atoms with E-state index in [0.29, 0.717) is 10.0 Å². The molecule has 0 fully saturated rings. The molecule has 0 radical (unpaired) electrons. The molecule has 1 aromatic carbocycles. The number of benzene rings is 1. The fourth-order valence-electron chi connectivity index (χ4n) is 1.81. The van der Waals surface area contributed by atoms with Gasteiger partial charge in [-0.2, -0.15) is 0 Å². The SMILES string of the molecule is Cc1ccc(C(C)NC(=O)/C=C/c2ccc(Cl)c(Cl)c2)o1. The van der Waals surface area contributed by atoms with Crippen molar-refractivity contribution in [1.29, 1.82) is 0 Å². The molecule has 1 N–H and O–H groups in total. The zero-order valence-electron chi connectivity index (χ0n) is 11.7. The Morgan fingerprint density at radius 2 is 2.00 bits per heavy atom. The first-order chi connectivity index (χ1) is 9.95. The number of nitrogens with one attached hydrogen (secondary N) is 1. The second kappa shape index (κ2) is 6.83. The number of hydrogen-bond donors (Lipinski definition) is 1. The van der Waals surface area contributed by atoms with E-state index >= 15 is 0 Å². The summed E-state index contributed by atoms with van der Waals surface area (Å²) >= 11 is 11.8. The molecule has 0 spiro atoms. The van der Waals surface area contributed by atoms with Crippen LogP contribution in [0.5, 0.6) is 0 Å². The van der Waals surface area contributed by atoms with Gasteiger partial charge in [0.2, 0.25) is 5.91 Å². The summed E-state index contributed by atoms with van der Waals surface area (Å²) in [5.74, 6) is 1.34. The molecule has 110 valence electrons. The van der Waals surface area contributed by atoms with Crippen LogP contribution in [0.1, 0.15) is 30.0 Å². The van der Waals surface area contributed by atoms with E-state index in [0.717, 1.165) is 17.1 Å². The lowest BCUT2D eigenvalue weighted by molar-refractivity contribution is -0.117. The number of aryl methyl sites for hydroxylation is 1. The van der Waals surface area contributed by atoms with E-state index in [9.17, 15) is 4.79 Å². The molecule has 21 heavy (non-hydrogen) atoms. The van der Waals surface area contributed by atoms with Gasteiger partial charge in [0.05, 0.1) is 16.1 Å². The Kier molecular flexibility index (Phi) is 5.10. The molecule has 2 aromatic rings. The van der Waals surface area contributed by atoms with E-state index in [1.54, 1.807) is 24.3 Å². The van der Waals surface area contributed by atoms with Crippen molar-refractivity contribution in [3.63, 3.8) is 0 Å². The van der Waals surface area contributed by atoms with Crippen molar-refractivity contribution in [3.8, 4) is 0 Å². The van der Waals surface area contributed by atoms with Crippen LogP contribution in [-0.4, -0.2) is 5.91 Å². The molecule has 3 nitrogen and oxygen atoms in total. The predicted octanol–water partition coefficient (Wildman–Crippen LogP) is 4.79. The Bertz CT molecular complexity index is 677. The van der Waals surface area contributed by atoms with Crippen molar-refractivity contribution in [3.05, 3.63) is 63.5 Å². The predicted molar refractivity (Wildman–Crippen MR) is 85.5 cm³/mol. The van der Waals surface area contributed by atoms with E-state index < -0.39 is 0 Å². The molecule has 5 heteroatoms. The van der Waals surface area contributed by atoms with Crippen LogP contribution in [0.4, 0.5) is 0 Å². The summed E-state index contributed by atoms with van der Waals surface area (Å²) in [7, 11) is 0. The molecule has 0 aliphatic rings. The van der Waals surface area contributed by atoms with Crippen molar-refractivity contribution in [2.45, 2.75) is 19.9 Å². The smallest absolute Gasteiger partial charge is 0.244 e. The van der Waals surface area contributed by atoms with Gasteiger partial charge in [0.15, 0.2) is 0 Å². The minimum atomic E-state index is -0.206. The van der Waals surface area contributed by atoms with Gasteiger partial charge < -0.3 is 9.73 Å². The molecule has 1 aromatic heterocycles. The second-order valence-corrected chi connectivity index (χ2v) is 5.50. The molecule has 2 rings (SSSR count). The van der Waals surface area contributed by atoms with Gasteiger partial charge in [-0.3, -0.25) is 4.79 Å². The summed E-state index contributed by atoms with van der Waals surface area (Å²) in [4.78, 5) is 11.9. The average molecular weight is 324 g/mol. The Morgan fingerprint density at radius 1 is 1.24 bits per heavy atom. The van der Waals surface area contributed by atoms with Crippen molar-refractivity contribution >= 4 is 35.2 Å². The molecule has 0 saturated heterocycles. The summed E-state index contributed by atoms with van der Waals surface area (Å²) in [5, 5.41) is 3.77. The summed E-state index contributed by atoms with van der Waals surface area (Å²) in [5.41, 5.74) is 0.807. The molecule has 0 bridgehead atoms. The molecule has 0 aliphatic heterocycles. The standard InChI is InChI=1S/C16H15Cl2NO2/c1-10-3-7-15(21-10)11(2)19-16(20)8-5-12-4-6-13(17)14(18)9-12/h3-9,11H,1-2H3,(H,19,20)/b8-5+. The van der Waals surface area contributed by atoms with Crippen molar-refractivity contribution in [2.75, 3.05) is 0 Å². The van der Waals surface area contributed by atoms with Crippen LogP contribution in [0, 0.1) is 6.92 Å². The molecule has 1 amide bonds. The molecule has 1 atom stereocenters. The van der Waals surface area contributed by atoms with Gasteiger partial charge in [0.25, 0.3) is 0 Å². The molecular weight excluding hydrogens is 309 g/mol. The largest absolute Gasteiger partial charge is 0.464 e. The first kappa shape index (κ1) is 15.7. The van der Waals surface area contributed by atoms with Gasteiger partial charge in [-0.1, -0.05) is 29.3 Å². The lowest BCUT2D eigenvalue weighted by Gasteiger charge is -2.09. The van der Waals surface area contributed by atoms with E-state index in [1.165, 1.54) is 6.08 Å². The van der Waals surface area contributed by atoms with E-state index in [4.69, 9.17) is 27.6 Å². The van der Waals surface area contributed by atoms with E-state index in [1.807, 2.05) is 26.0 Å². The van der Waals surface area contributed by atoms with Crippen LogP contribution in [0.15, 0.2) is 40.8 Å². The van der Waals surface area contributed by atoms with E-state index in [-0.39, 0.29) is 11.9 Å². The minimum Gasteiger partial charge on any atom is -0.464 e. The number of hydrogen-bond acceptors (Lipinski definition) is 2. The highest BCUT2D eigenvalue weighted by Crippen LogP contribution is 2.23. The van der Waals surface area contributed by atoms with Gasteiger partial charge in [0.1, 0.15) is 11.5 Å². The first-order valence-corrected chi connectivity index (χ1v) is 7.21. The highest BCUT2D eigenvalue weighted by Gasteiger charge is 2.10. The fourth-order valence-corrected chi connectivity index (χ4v) is 2.11. The van der Waals surface area contributed by atoms with Crippen LogP contribution in [0.3, 0.4) is 0 Å². The summed E-state index contributed by atoms with van der Waals surface area (Å²) < 4.78 is 5.47. The molecule has 0 saturated carbocycles. The van der Waals surface area contributed by atoms with Crippen molar-refractivity contribution in [2.24, 2.45) is 0 Å². The highest BCUT2D eigenvalue weighted by molar-refractivity contribution is 6.42. The van der Waals surface area contributed by atoms with Gasteiger partial charge in [-0.25, -0.2) is 0 Å². The number of carbonyl (C=O) groups excluding carboxylic acids is 1. The van der Waals surface area contributed by atoms with Gasteiger partial charge in [-0.15, -0.1) is 0 Å². The highest BCUT2D eigenvalue weighted by atomic mass is 35.5. The third-order valence-electron chi connectivity index (χ3n) is 2.92. The van der Waals surface area contributed by atoms with E-state index in [2.05, 4.69) is 5.32 Å². The van der Waals surface area contributed by atoms with Crippen LogP contribution >= 0.6 is 23.2 Å². The molecular formula is C16H15Cl2NO2. The third-order valence-corrected chi connectivity index (χ3v) is 3.66. The minimum absolute atomic E-state index is 0.190. The summed E-state index contributed by atoms with van der Waals surface area (Å²) in [6, 6.07) is 8.71. The van der Waals surface area contributed by atoms with Gasteiger partial charge >= 0.3 is 0 Å². The monoisotopic (exact) mass is 323 g/mol. The zero-order valence-corrected chi connectivity index (χ0v) is 13.2. The van der Waals surface area contributed by atoms with Crippen LogP contribution in [0.25, 0.3) is 6.08 Å². The lowest BCUT2D eigenvalue weighted by atomic mass is 10.2. The lowest BCUT2D eigenvalue weighted by Crippen LogP contribution is -2.24. The number of furan rings is 1. The second-order valence-electron chi connectivity index (χ2n) is 4.69. The van der Waals surface area contributed by atoms with Crippen molar-refractivity contribution < 1.29 is 9.21 Å². The van der Waals surface area contributed by atoms with Gasteiger partial charge in [0, 0.05) is 6.08 Å². The summed E-state index contributed by atoms with van der Waals surface area (Å²) in [6.45, 7) is 3.73. The maximum Gasteiger partial charge on any atom is 0.244 e. The Labute approximate surface area is 133 Å².